The Kier molecular flexibility index (Phi) is 4.22. The van der Waals surface area contributed by atoms with Crippen LogP contribution >= 0.6 is 0 Å². The number of benzene rings is 2. The van der Waals surface area contributed by atoms with Crippen LogP contribution in [0.15, 0.2) is 40.8 Å². The molecule has 0 spiro atoms. The molecular formula is C22H23N3O2. The Morgan fingerprint density at radius 1 is 1.07 bits per heavy atom. The van der Waals surface area contributed by atoms with Crippen LogP contribution in [0.25, 0.3) is 22.0 Å². The van der Waals surface area contributed by atoms with Crippen molar-refractivity contribution in [1.82, 2.24) is 14.9 Å². The van der Waals surface area contributed by atoms with Crippen LogP contribution in [0.5, 0.6) is 0 Å². The van der Waals surface area contributed by atoms with Gasteiger partial charge in [-0.3, -0.25) is 4.79 Å². The lowest BCUT2D eigenvalue weighted by Gasteiger charge is -2.08. The van der Waals surface area contributed by atoms with E-state index in [0.29, 0.717) is 18.8 Å². The van der Waals surface area contributed by atoms with Gasteiger partial charge in [0.25, 0.3) is 5.91 Å². The number of aryl methyl sites for hydroxylation is 4. The predicted molar refractivity (Wildman–Crippen MR) is 107 cm³/mol. The van der Waals surface area contributed by atoms with Crippen LogP contribution in [0.2, 0.25) is 0 Å². The second-order valence-electron chi connectivity index (χ2n) is 7.01. The molecule has 4 aromatic rings. The molecule has 5 nitrogen and oxygen atoms in total. The maximum atomic E-state index is 12.7. The quantitative estimate of drug-likeness (QED) is 0.584. The highest BCUT2D eigenvalue weighted by Crippen LogP contribution is 2.30. The predicted octanol–water partition coefficient (Wildman–Crippen LogP) is 4.45. The van der Waals surface area contributed by atoms with Crippen molar-refractivity contribution in [2.24, 2.45) is 0 Å². The largest absolute Gasteiger partial charge is 0.450 e. The summed E-state index contributed by atoms with van der Waals surface area (Å²) in [5.41, 5.74) is 5.91. The first-order valence-corrected chi connectivity index (χ1v) is 9.16. The summed E-state index contributed by atoms with van der Waals surface area (Å²) in [5, 5.41) is 4.03. The van der Waals surface area contributed by atoms with E-state index in [1.807, 2.05) is 58.0 Å². The first-order valence-electron chi connectivity index (χ1n) is 9.16. The molecule has 2 aromatic heterocycles. The molecular weight excluding hydrogens is 338 g/mol. The fraction of sp³-hybridized carbons (Fsp3) is 0.273. The summed E-state index contributed by atoms with van der Waals surface area (Å²) >= 11 is 0. The summed E-state index contributed by atoms with van der Waals surface area (Å²) in [5.74, 6) is 1.16. The highest BCUT2D eigenvalue weighted by Gasteiger charge is 2.19. The molecule has 0 fully saturated rings. The van der Waals surface area contributed by atoms with Crippen molar-refractivity contribution in [2.45, 2.75) is 34.2 Å². The molecule has 0 atom stereocenters. The van der Waals surface area contributed by atoms with E-state index in [0.717, 1.165) is 44.5 Å². The van der Waals surface area contributed by atoms with Crippen LogP contribution < -0.4 is 5.32 Å². The van der Waals surface area contributed by atoms with Gasteiger partial charge in [0.2, 0.25) is 0 Å². The Bertz CT molecular complexity index is 1170. The number of rotatable bonds is 4. The molecule has 0 radical (unpaired) electrons. The van der Waals surface area contributed by atoms with Gasteiger partial charge in [0.1, 0.15) is 11.4 Å². The Labute approximate surface area is 158 Å². The zero-order valence-electron chi connectivity index (χ0n) is 16.1. The van der Waals surface area contributed by atoms with Gasteiger partial charge in [0.15, 0.2) is 5.76 Å². The minimum absolute atomic E-state index is 0.176. The Morgan fingerprint density at radius 3 is 2.59 bits per heavy atom. The first kappa shape index (κ1) is 17.3. The third kappa shape index (κ3) is 2.89. The Morgan fingerprint density at radius 2 is 1.81 bits per heavy atom. The van der Waals surface area contributed by atoms with Gasteiger partial charge in [-0.05, 0) is 51.0 Å². The minimum Gasteiger partial charge on any atom is -0.450 e. The number of nitrogens with zero attached hydrogens (tertiary/aromatic N) is 2. The minimum atomic E-state index is -0.176. The summed E-state index contributed by atoms with van der Waals surface area (Å²) in [6.45, 7) is 9.14. The van der Waals surface area contributed by atoms with E-state index in [1.54, 1.807) is 0 Å². The standard InChI is InChI=1S/C22H23N3O2/c1-13-9-10-14(2)20-19(13)15(3)21(27-20)22(26)23-11-12-25-16(4)24-17-7-5-6-8-18(17)25/h5-10H,11-12H2,1-4H3,(H,23,26). The van der Waals surface area contributed by atoms with E-state index in [-0.39, 0.29) is 5.91 Å². The first-order chi connectivity index (χ1) is 13.0. The number of amides is 1. The van der Waals surface area contributed by atoms with Gasteiger partial charge in [-0.1, -0.05) is 24.3 Å². The molecule has 2 aromatic carbocycles. The second kappa shape index (κ2) is 6.58. The number of carbonyl (C=O) groups excluding carboxylic acids is 1. The number of carbonyl (C=O) groups is 1. The van der Waals surface area contributed by atoms with Crippen LogP contribution in [-0.2, 0) is 6.54 Å². The number of hydrogen-bond donors (Lipinski definition) is 1. The molecule has 0 aliphatic rings. The maximum Gasteiger partial charge on any atom is 0.287 e. The summed E-state index contributed by atoms with van der Waals surface area (Å²) < 4.78 is 8.04. The Balaban J connectivity index is 1.54. The van der Waals surface area contributed by atoms with Gasteiger partial charge in [0.05, 0.1) is 11.0 Å². The van der Waals surface area contributed by atoms with Crippen molar-refractivity contribution in [3.05, 3.63) is 64.7 Å². The van der Waals surface area contributed by atoms with E-state index in [9.17, 15) is 4.79 Å². The third-order valence-electron chi connectivity index (χ3n) is 5.16. The number of hydrogen-bond acceptors (Lipinski definition) is 3. The average Bonchev–Trinajstić information content (AvgIpc) is 3.16. The molecule has 4 rings (SSSR count). The summed E-state index contributed by atoms with van der Waals surface area (Å²) in [6, 6.07) is 12.1. The highest BCUT2D eigenvalue weighted by molar-refractivity contribution is 6.00. The van der Waals surface area contributed by atoms with Crippen molar-refractivity contribution >= 4 is 27.9 Å². The average molecular weight is 361 g/mol. The molecule has 0 unspecified atom stereocenters. The third-order valence-corrected chi connectivity index (χ3v) is 5.16. The van der Waals surface area contributed by atoms with Gasteiger partial charge < -0.3 is 14.3 Å². The van der Waals surface area contributed by atoms with Gasteiger partial charge in [-0.15, -0.1) is 0 Å². The maximum absolute atomic E-state index is 12.7. The molecule has 138 valence electrons. The molecule has 1 N–H and O–H groups in total. The molecule has 27 heavy (non-hydrogen) atoms. The van der Waals surface area contributed by atoms with Gasteiger partial charge in [-0.2, -0.15) is 0 Å². The second-order valence-corrected chi connectivity index (χ2v) is 7.01. The lowest BCUT2D eigenvalue weighted by atomic mass is 10.0. The fourth-order valence-electron chi connectivity index (χ4n) is 3.73. The fourth-order valence-corrected chi connectivity index (χ4v) is 3.73. The van der Waals surface area contributed by atoms with Gasteiger partial charge in [0, 0.05) is 24.0 Å². The molecule has 1 amide bonds. The van der Waals surface area contributed by atoms with Gasteiger partial charge in [-0.25, -0.2) is 4.98 Å². The van der Waals surface area contributed by atoms with Crippen LogP contribution in [0.3, 0.4) is 0 Å². The molecule has 0 aliphatic carbocycles. The monoisotopic (exact) mass is 361 g/mol. The number of fused-ring (bicyclic) bond motifs is 2. The van der Waals surface area contributed by atoms with E-state index in [1.165, 1.54) is 0 Å². The number of imidazole rings is 1. The van der Waals surface area contributed by atoms with Crippen LogP contribution in [-0.4, -0.2) is 22.0 Å². The van der Waals surface area contributed by atoms with Crippen molar-refractivity contribution in [1.29, 1.82) is 0 Å². The van der Waals surface area contributed by atoms with E-state index in [4.69, 9.17) is 4.42 Å². The normalized spacial score (nSPS) is 11.4. The summed E-state index contributed by atoms with van der Waals surface area (Å²) in [4.78, 5) is 17.3. The zero-order valence-corrected chi connectivity index (χ0v) is 16.1. The Hall–Kier alpha value is -3.08. The van der Waals surface area contributed by atoms with Crippen LogP contribution in [0.1, 0.15) is 33.1 Å². The van der Waals surface area contributed by atoms with E-state index >= 15 is 0 Å². The topological polar surface area (TPSA) is 60.1 Å². The van der Waals surface area contributed by atoms with Gasteiger partial charge >= 0.3 is 0 Å². The van der Waals surface area contributed by atoms with Crippen molar-refractivity contribution in [3.63, 3.8) is 0 Å². The molecule has 0 bridgehead atoms. The number of nitrogens with one attached hydrogen (secondary N) is 1. The van der Waals surface area contributed by atoms with Crippen LogP contribution in [0, 0.1) is 27.7 Å². The summed E-state index contributed by atoms with van der Waals surface area (Å²) in [7, 11) is 0. The van der Waals surface area contributed by atoms with Crippen molar-refractivity contribution < 1.29 is 9.21 Å². The number of aromatic nitrogens is 2. The van der Waals surface area contributed by atoms with E-state index in [2.05, 4.69) is 20.9 Å². The molecule has 0 saturated heterocycles. The molecule has 2 heterocycles. The highest BCUT2D eigenvalue weighted by atomic mass is 16.3. The van der Waals surface area contributed by atoms with E-state index < -0.39 is 0 Å². The SMILES string of the molecule is Cc1ccc(C)c2c(C)c(C(=O)NCCn3c(C)nc4ccccc43)oc12. The molecule has 5 heteroatoms. The smallest absolute Gasteiger partial charge is 0.287 e. The number of furan rings is 1. The molecule has 0 aliphatic heterocycles. The lowest BCUT2D eigenvalue weighted by Crippen LogP contribution is -2.27. The zero-order chi connectivity index (χ0) is 19.1. The number of para-hydroxylation sites is 2. The summed E-state index contributed by atoms with van der Waals surface area (Å²) in [6.07, 6.45) is 0. The molecule has 0 saturated carbocycles. The van der Waals surface area contributed by atoms with Crippen molar-refractivity contribution in [2.75, 3.05) is 6.54 Å². The van der Waals surface area contributed by atoms with Crippen LogP contribution in [0.4, 0.5) is 0 Å². The van der Waals surface area contributed by atoms with Crippen molar-refractivity contribution in [3.8, 4) is 0 Å². The lowest BCUT2D eigenvalue weighted by molar-refractivity contribution is 0.0926.